The lowest BCUT2D eigenvalue weighted by molar-refractivity contribution is 0.484. The van der Waals surface area contributed by atoms with E-state index in [0.717, 1.165) is 30.3 Å². The van der Waals surface area contributed by atoms with Gasteiger partial charge in [0.1, 0.15) is 11.6 Å². The molecule has 0 radical (unpaired) electrons. The van der Waals surface area contributed by atoms with Gasteiger partial charge in [0.05, 0.1) is 5.88 Å². The fourth-order valence-corrected chi connectivity index (χ4v) is 2.26. The number of aryl methyl sites for hydroxylation is 1. The molecular weight excluding hydrogens is 246 g/mol. The molecule has 1 aromatic heterocycles. The van der Waals surface area contributed by atoms with E-state index in [4.69, 9.17) is 11.6 Å². The number of rotatable bonds is 7. The summed E-state index contributed by atoms with van der Waals surface area (Å²) in [5.74, 6) is 2.99. The van der Waals surface area contributed by atoms with Gasteiger partial charge in [-0.25, -0.2) is 9.97 Å². The first kappa shape index (κ1) is 15.2. The lowest BCUT2D eigenvalue weighted by Gasteiger charge is -2.28. The second kappa shape index (κ2) is 7.57. The van der Waals surface area contributed by atoms with Crippen LogP contribution in [0.4, 0.5) is 5.82 Å². The van der Waals surface area contributed by atoms with Crippen LogP contribution >= 0.6 is 11.6 Å². The highest BCUT2D eigenvalue weighted by molar-refractivity contribution is 6.17. The summed E-state index contributed by atoms with van der Waals surface area (Å²) in [6.45, 7) is 10.6. The molecule has 0 aliphatic heterocycles. The summed E-state index contributed by atoms with van der Waals surface area (Å²) < 4.78 is 0. The normalized spacial score (nSPS) is 11.0. The summed E-state index contributed by atoms with van der Waals surface area (Å²) in [7, 11) is 0. The molecular formula is C14H24ClN3. The quantitative estimate of drug-likeness (QED) is 0.706. The van der Waals surface area contributed by atoms with Crippen molar-refractivity contribution in [2.75, 3.05) is 18.0 Å². The zero-order chi connectivity index (χ0) is 13.5. The summed E-state index contributed by atoms with van der Waals surface area (Å²) in [6, 6.07) is 0. The Kier molecular flexibility index (Phi) is 6.41. The molecule has 0 atom stereocenters. The van der Waals surface area contributed by atoms with Crippen molar-refractivity contribution in [3.8, 4) is 0 Å². The molecule has 3 nitrogen and oxygen atoms in total. The predicted molar refractivity (Wildman–Crippen MR) is 78.3 cm³/mol. The van der Waals surface area contributed by atoms with E-state index in [1.807, 2.05) is 13.1 Å². The van der Waals surface area contributed by atoms with Gasteiger partial charge in [-0.2, -0.15) is 0 Å². The lowest BCUT2D eigenvalue weighted by atomic mass is 10.0. The average Bonchev–Trinajstić information content (AvgIpc) is 2.40. The molecule has 0 amide bonds. The Bertz CT molecular complexity index is 364. The molecule has 0 N–H and O–H groups in total. The van der Waals surface area contributed by atoms with Crippen LogP contribution in [0.2, 0.25) is 0 Å². The lowest BCUT2D eigenvalue weighted by Crippen LogP contribution is -2.30. The minimum absolute atomic E-state index is 0.467. The van der Waals surface area contributed by atoms with E-state index in [9.17, 15) is 0 Å². The van der Waals surface area contributed by atoms with Gasteiger partial charge in [-0.3, -0.25) is 0 Å². The molecule has 0 unspecified atom stereocenters. The molecule has 18 heavy (non-hydrogen) atoms. The van der Waals surface area contributed by atoms with Crippen LogP contribution in [0.5, 0.6) is 0 Å². The molecule has 0 aliphatic rings. The fraction of sp³-hybridized carbons (Fsp3) is 0.714. The monoisotopic (exact) mass is 269 g/mol. The molecule has 0 aromatic carbocycles. The smallest absolute Gasteiger partial charge is 0.136 e. The number of hydrogen-bond donors (Lipinski definition) is 0. The molecule has 0 aliphatic carbocycles. The predicted octanol–water partition coefficient (Wildman–Crippen LogP) is 3.79. The molecule has 1 heterocycles. The van der Waals surface area contributed by atoms with E-state index >= 15 is 0 Å². The number of halogens is 1. The Morgan fingerprint density at radius 1 is 1.28 bits per heavy atom. The van der Waals surface area contributed by atoms with Crippen LogP contribution in [-0.2, 0) is 5.88 Å². The Morgan fingerprint density at radius 3 is 2.44 bits per heavy atom. The zero-order valence-corrected chi connectivity index (χ0v) is 12.7. The molecule has 0 fully saturated rings. The van der Waals surface area contributed by atoms with Crippen molar-refractivity contribution in [3.63, 3.8) is 0 Å². The molecule has 0 saturated carbocycles. The third-order valence-corrected chi connectivity index (χ3v) is 3.71. The van der Waals surface area contributed by atoms with Gasteiger partial charge in [-0.1, -0.05) is 26.7 Å². The highest BCUT2D eigenvalue weighted by Gasteiger charge is 2.15. The van der Waals surface area contributed by atoms with Crippen molar-refractivity contribution < 1.29 is 0 Å². The third kappa shape index (κ3) is 3.84. The van der Waals surface area contributed by atoms with E-state index in [-0.39, 0.29) is 0 Å². The van der Waals surface area contributed by atoms with E-state index in [0.29, 0.717) is 11.8 Å². The highest BCUT2D eigenvalue weighted by atomic mass is 35.5. The van der Waals surface area contributed by atoms with Crippen molar-refractivity contribution in [2.24, 2.45) is 5.92 Å². The molecule has 0 spiro atoms. The van der Waals surface area contributed by atoms with Crippen LogP contribution in [0.25, 0.3) is 0 Å². The fourth-order valence-electron chi connectivity index (χ4n) is 2.07. The molecule has 1 rings (SSSR count). The molecule has 102 valence electrons. The molecule has 0 bridgehead atoms. The number of aromatic nitrogens is 2. The van der Waals surface area contributed by atoms with Crippen LogP contribution < -0.4 is 4.90 Å². The number of hydrogen-bond acceptors (Lipinski definition) is 3. The van der Waals surface area contributed by atoms with E-state index in [1.165, 1.54) is 12.8 Å². The minimum Gasteiger partial charge on any atom is -0.356 e. The SMILES string of the molecule is CCC(CC)CN(CC)c1nc(C)ncc1CCl. The van der Waals surface area contributed by atoms with Gasteiger partial charge in [0.25, 0.3) is 0 Å². The van der Waals surface area contributed by atoms with Gasteiger partial charge in [0.15, 0.2) is 0 Å². The maximum atomic E-state index is 5.98. The summed E-state index contributed by atoms with van der Waals surface area (Å²) in [6.07, 6.45) is 4.25. The van der Waals surface area contributed by atoms with Crippen molar-refractivity contribution in [1.82, 2.24) is 9.97 Å². The van der Waals surface area contributed by atoms with Gasteiger partial charge in [-0.15, -0.1) is 11.6 Å². The number of anilines is 1. The summed E-state index contributed by atoms with van der Waals surface area (Å²) >= 11 is 5.98. The van der Waals surface area contributed by atoms with Crippen molar-refractivity contribution in [2.45, 2.75) is 46.4 Å². The molecule has 1 aromatic rings. The van der Waals surface area contributed by atoms with Crippen LogP contribution in [0.15, 0.2) is 6.20 Å². The highest BCUT2D eigenvalue weighted by Crippen LogP contribution is 2.21. The number of nitrogens with zero attached hydrogens (tertiary/aromatic N) is 3. The Morgan fingerprint density at radius 2 is 1.94 bits per heavy atom. The maximum Gasteiger partial charge on any atom is 0.136 e. The van der Waals surface area contributed by atoms with E-state index in [1.54, 1.807) is 0 Å². The molecule has 4 heteroatoms. The third-order valence-electron chi connectivity index (χ3n) is 3.42. The van der Waals surface area contributed by atoms with Gasteiger partial charge in [0.2, 0.25) is 0 Å². The Hall–Kier alpha value is -0.830. The second-order valence-electron chi connectivity index (χ2n) is 4.62. The first-order chi connectivity index (χ1) is 8.65. The Labute approximate surface area is 116 Å². The van der Waals surface area contributed by atoms with Gasteiger partial charge < -0.3 is 4.90 Å². The largest absolute Gasteiger partial charge is 0.356 e. The summed E-state index contributed by atoms with van der Waals surface area (Å²) in [5.41, 5.74) is 1.02. The number of alkyl halides is 1. The van der Waals surface area contributed by atoms with Crippen molar-refractivity contribution in [3.05, 3.63) is 17.6 Å². The van der Waals surface area contributed by atoms with Crippen molar-refractivity contribution >= 4 is 17.4 Å². The maximum absolute atomic E-state index is 5.98. The van der Waals surface area contributed by atoms with Gasteiger partial charge in [-0.05, 0) is 19.8 Å². The standard InChI is InChI=1S/C14H24ClN3/c1-5-12(6-2)10-18(7-3)14-13(8-15)9-16-11(4)17-14/h9,12H,5-8,10H2,1-4H3. The first-order valence-electron chi connectivity index (χ1n) is 6.79. The van der Waals surface area contributed by atoms with Crippen LogP contribution in [-0.4, -0.2) is 23.1 Å². The molecule has 0 saturated heterocycles. The minimum atomic E-state index is 0.467. The topological polar surface area (TPSA) is 29.0 Å². The average molecular weight is 270 g/mol. The van der Waals surface area contributed by atoms with Crippen LogP contribution in [0.3, 0.4) is 0 Å². The zero-order valence-electron chi connectivity index (χ0n) is 11.9. The van der Waals surface area contributed by atoms with Crippen LogP contribution in [0.1, 0.15) is 45.0 Å². The summed E-state index contributed by atoms with van der Waals surface area (Å²) in [4.78, 5) is 11.1. The Balaban J connectivity index is 2.96. The second-order valence-corrected chi connectivity index (χ2v) is 4.89. The van der Waals surface area contributed by atoms with E-state index < -0.39 is 0 Å². The van der Waals surface area contributed by atoms with Crippen LogP contribution in [0, 0.1) is 12.8 Å². The summed E-state index contributed by atoms with van der Waals surface area (Å²) in [5, 5.41) is 0. The van der Waals surface area contributed by atoms with E-state index in [2.05, 4.69) is 35.6 Å². The van der Waals surface area contributed by atoms with Gasteiger partial charge in [0, 0.05) is 24.8 Å². The van der Waals surface area contributed by atoms with Crippen molar-refractivity contribution in [1.29, 1.82) is 0 Å². The first-order valence-corrected chi connectivity index (χ1v) is 7.33. The van der Waals surface area contributed by atoms with Gasteiger partial charge >= 0.3 is 0 Å².